The molecule has 0 amide bonds. The summed E-state index contributed by atoms with van der Waals surface area (Å²) in [7, 11) is -3.75. The Morgan fingerprint density at radius 3 is 1.19 bits per heavy atom. The Labute approximate surface area is 582 Å². The second kappa shape index (κ2) is 23.2. The number of hydrogen-bond acceptors (Lipinski definition) is 4. The summed E-state index contributed by atoms with van der Waals surface area (Å²) in [6.45, 7) is 9.84. The predicted molar refractivity (Wildman–Crippen MR) is 425 cm³/mol. The normalized spacial score (nSPS) is 13.2. The molecule has 4 aromatic heterocycles. The molecule has 0 radical (unpaired) electrons. The van der Waals surface area contributed by atoms with Crippen molar-refractivity contribution >= 4 is 102 Å². The second-order valence-electron chi connectivity index (χ2n) is 27.6. The Hall–Kier alpha value is -12.2. The molecule has 2 aliphatic rings. The number of rotatable bonds is 8. The highest BCUT2D eigenvalue weighted by Gasteiger charge is 2.40. The smallest absolute Gasteiger partial charge is 0.160 e. The van der Waals surface area contributed by atoms with Crippen LogP contribution in [-0.2, 0) is 0 Å². The molecule has 0 saturated heterocycles. The van der Waals surface area contributed by atoms with Gasteiger partial charge in [-0.3, -0.25) is 0 Å². The van der Waals surface area contributed by atoms with E-state index in [4.69, 9.17) is 19.9 Å². The van der Waals surface area contributed by atoms with E-state index in [-0.39, 0.29) is 0 Å². The van der Waals surface area contributed by atoms with Gasteiger partial charge in [-0.2, -0.15) is 0 Å². The van der Waals surface area contributed by atoms with Gasteiger partial charge in [0, 0.05) is 77.1 Å². The third-order valence-corrected chi connectivity index (χ3v) is 28.3. The molecule has 0 N–H and O–H groups in total. The van der Waals surface area contributed by atoms with Gasteiger partial charge in [0.05, 0.1) is 44.5 Å². The van der Waals surface area contributed by atoms with E-state index in [9.17, 15) is 0 Å². The lowest BCUT2D eigenvalue weighted by Crippen LogP contribution is -2.49. The van der Waals surface area contributed by atoms with Crippen LogP contribution in [0.5, 0.6) is 0 Å². The van der Waals surface area contributed by atoms with Crippen molar-refractivity contribution in [3.05, 3.63) is 328 Å². The molecule has 2 aliphatic heterocycles. The number of nitrogens with zero attached hydrogens (tertiary/aromatic N) is 6. The quantitative estimate of drug-likeness (QED) is 0.142. The maximum atomic E-state index is 5.47. The molecule has 0 unspecified atom stereocenters. The van der Waals surface area contributed by atoms with Crippen molar-refractivity contribution in [1.82, 2.24) is 29.1 Å². The Kier molecular flexibility index (Phi) is 13.7. The molecule has 20 rings (SSSR count). The van der Waals surface area contributed by atoms with Crippen molar-refractivity contribution in [3.63, 3.8) is 0 Å². The van der Waals surface area contributed by atoms with E-state index in [2.05, 4.69) is 363 Å². The molecule has 0 saturated carbocycles. The van der Waals surface area contributed by atoms with Crippen LogP contribution >= 0.6 is 0 Å². The van der Waals surface area contributed by atoms with Crippen LogP contribution in [0.15, 0.2) is 328 Å². The maximum Gasteiger partial charge on any atom is 0.160 e. The van der Waals surface area contributed by atoms with E-state index in [1.54, 1.807) is 0 Å². The Bertz CT molecular complexity index is 6330. The average Bonchev–Trinajstić information content (AvgIpc) is 1.55. The highest BCUT2D eigenvalue weighted by molar-refractivity contribution is 7.04. The minimum Gasteiger partial charge on any atom is -0.309 e. The minimum absolute atomic E-state index is 0.745. The third-order valence-electron chi connectivity index (χ3n) is 21.2. The zero-order chi connectivity index (χ0) is 66.8. The SMILES string of the molecule is C[Si]1(C)c2ccccc2-c2c1ccc1c(-c3ccccc3)nc(-c3cccc(-c4ccc5c(c4)c4ccccc4n5-c4ccccc4)c3)nc21.C[Si]1(C)c2ccccc2-c2c1ccc1c(-c3ccccc3)nc(-c3cccc(-c4cccc5c4c4ccccc4n5-c4ccccc4)c3)nc21. The van der Waals surface area contributed by atoms with E-state index >= 15 is 0 Å². The standard InChI is InChI=1S/2C46H33N3Si/c1-50(2)40-26-12-10-22-36(40)43-41(50)28-27-37-44(30-15-5-3-6-16-30)47-46(48-45(37)43)32-18-13-17-31(29-32)34-23-14-25-39-42(34)35-21-9-11-24-38(35)49(39)33-19-7-4-8-20-33;1-50(2)41-23-12-10-21-36(41)43-42(50)27-25-37-44(30-14-5-3-6-15-30)47-46(48-45(37)43)33-17-13-16-31(28-33)32-24-26-40-38(29-32)35-20-9-11-22-39(35)49(40)34-18-7-4-8-19-34/h2*3-29H,1-2H3. The van der Waals surface area contributed by atoms with Crippen LogP contribution in [0.3, 0.4) is 0 Å². The van der Waals surface area contributed by atoms with Gasteiger partial charge in [-0.05, 0) is 121 Å². The van der Waals surface area contributed by atoms with Crippen LogP contribution in [0.2, 0.25) is 26.2 Å². The summed E-state index contributed by atoms with van der Waals surface area (Å²) in [6, 6.07) is 118. The number of para-hydroxylation sites is 4. The summed E-state index contributed by atoms with van der Waals surface area (Å²) in [6.07, 6.45) is 0. The first-order valence-corrected chi connectivity index (χ1v) is 40.5. The van der Waals surface area contributed by atoms with Gasteiger partial charge in [0.2, 0.25) is 0 Å². The predicted octanol–water partition coefficient (Wildman–Crippen LogP) is 21.1. The van der Waals surface area contributed by atoms with E-state index < -0.39 is 16.1 Å². The molecule has 18 aromatic rings. The molecule has 100 heavy (non-hydrogen) atoms. The number of benzene rings is 14. The highest BCUT2D eigenvalue weighted by atomic mass is 28.3. The number of hydrogen-bond donors (Lipinski definition) is 0. The Morgan fingerprint density at radius 1 is 0.240 bits per heavy atom. The van der Waals surface area contributed by atoms with Gasteiger partial charge in [-0.15, -0.1) is 0 Å². The molecule has 0 bridgehead atoms. The summed E-state index contributed by atoms with van der Waals surface area (Å²) in [5, 5.41) is 13.0. The Balaban J connectivity index is 0.000000139. The fourth-order valence-corrected chi connectivity index (χ4v) is 22.6. The molecular formula is C92H66N6Si2. The van der Waals surface area contributed by atoms with E-state index in [0.29, 0.717) is 0 Å². The first kappa shape index (κ1) is 59.1. The van der Waals surface area contributed by atoms with Gasteiger partial charge in [0.15, 0.2) is 11.6 Å². The van der Waals surface area contributed by atoms with Crippen LogP contribution in [0, 0.1) is 0 Å². The average molecular weight is 1310 g/mol. The van der Waals surface area contributed by atoms with Gasteiger partial charge in [-0.25, -0.2) is 19.9 Å². The molecule has 6 nitrogen and oxygen atoms in total. The summed E-state index contributed by atoms with van der Waals surface area (Å²) >= 11 is 0. The zero-order valence-corrected chi connectivity index (χ0v) is 57.9. The van der Waals surface area contributed by atoms with Crippen molar-refractivity contribution in [1.29, 1.82) is 0 Å². The molecule has 472 valence electrons. The lowest BCUT2D eigenvalue weighted by molar-refractivity contribution is 1.18. The lowest BCUT2D eigenvalue weighted by atomic mass is 9.97. The van der Waals surface area contributed by atoms with E-state index in [1.165, 1.54) is 97.7 Å². The van der Waals surface area contributed by atoms with Crippen LogP contribution < -0.4 is 20.7 Å². The van der Waals surface area contributed by atoms with Crippen molar-refractivity contribution in [2.24, 2.45) is 0 Å². The topological polar surface area (TPSA) is 61.4 Å². The molecule has 0 fully saturated rings. The molecule has 0 aliphatic carbocycles. The fraction of sp³-hybridized carbons (Fsp3) is 0.0435. The minimum atomic E-state index is -1.88. The van der Waals surface area contributed by atoms with E-state index in [1.807, 2.05) is 0 Å². The molecule has 8 heteroatoms. The number of aromatic nitrogens is 6. The Morgan fingerprint density at radius 2 is 0.630 bits per heavy atom. The molecular weight excluding hydrogens is 1250 g/mol. The molecule has 14 aromatic carbocycles. The summed E-state index contributed by atoms with van der Waals surface area (Å²) in [4.78, 5) is 21.6. The highest BCUT2D eigenvalue weighted by Crippen LogP contribution is 2.44. The van der Waals surface area contributed by atoms with Gasteiger partial charge < -0.3 is 9.13 Å². The molecule has 0 spiro atoms. The van der Waals surface area contributed by atoms with Crippen LogP contribution in [0.4, 0.5) is 0 Å². The second-order valence-corrected chi connectivity index (χ2v) is 36.3. The summed E-state index contributed by atoms with van der Waals surface area (Å²) in [5.41, 5.74) is 25.2. The molecule has 6 heterocycles. The number of fused-ring (bicyclic) bond motifs is 16. The van der Waals surface area contributed by atoms with Crippen molar-refractivity contribution in [2.75, 3.05) is 0 Å². The van der Waals surface area contributed by atoms with Crippen molar-refractivity contribution in [3.8, 4) is 101 Å². The van der Waals surface area contributed by atoms with Crippen LogP contribution in [0.25, 0.3) is 167 Å². The largest absolute Gasteiger partial charge is 0.309 e. The first-order valence-electron chi connectivity index (χ1n) is 34.5. The van der Waals surface area contributed by atoms with Gasteiger partial charge >= 0.3 is 0 Å². The molecule has 0 atom stereocenters. The van der Waals surface area contributed by atoms with Crippen molar-refractivity contribution in [2.45, 2.75) is 26.2 Å². The van der Waals surface area contributed by atoms with Gasteiger partial charge in [0.25, 0.3) is 0 Å². The summed E-state index contributed by atoms with van der Waals surface area (Å²) < 4.78 is 4.74. The zero-order valence-electron chi connectivity index (χ0n) is 55.9. The maximum absolute atomic E-state index is 5.47. The monoisotopic (exact) mass is 1310 g/mol. The first-order chi connectivity index (χ1) is 49.1. The van der Waals surface area contributed by atoms with Crippen LogP contribution in [-0.4, -0.2) is 45.2 Å². The van der Waals surface area contributed by atoms with Crippen LogP contribution in [0.1, 0.15) is 0 Å². The fourth-order valence-electron chi connectivity index (χ4n) is 16.4. The third kappa shape index (κ3) is 9.35. The van der Waals surface area contributed by atoms with Gasteiger partial charge in [0.1, 0.15) is 16.1 Å². The van der Waals surface area contributed by atoms with E-state index in [0.717, 1.165) is 89.6 Å². The van der Waals surface area contributed by atoms with Crippen molar-refractivity contribution < 1.29 is 0 Å². The van der Waals surface area contributed by atoms with Gasteiger partial charge in [-0.1, -0.05) is 287 Å². The summed E-state index contributed by atoms with van der Waals surface area (Å²) in [5.74, 6) is 1.49. The lowest BCUT2D eigenvalue weighted by Gasteiger charge is -2.19.